The van der Waals surface area contributed by atoms with Gasteiger partial charge >= 0.3 is 0 Å². The van der Waals surface area contributed by atoms with E-state index in [0.717, 1.165) is 37.2 Å². The number of nitrogens with zero attached hydrogens (tertiary/aromatic N) is 2. The number of hydrogen-bond donors (Lipinski definition) is 2. The second-order valence-electron chi connectivity index (χ2n) is 10.3. The molecule has 2 aliphatic carbocycles. The fourth-order valence-electron chi connectivity index (χ4n) is 6.67. The molecule has 0 saturated carbocycles. The standard InChI is InChI=1S/C29H31N3O2/c1-30-27(33)15-20-14-21(18-31-17-20)29(34)10-12-32(13-11-29)19-28-16-24(22-6-2-4-8-25(22)28)23-7-3-5-9-26(23)28/h2-9,14,17-18,24,34H,10-13,15-16,19H2,1H3,(H,30,33). The van der Waals surface area contributed by atoms with Gasteiger partial charge in [-0.25, -0.2) is 0 Å². The fraction of sp³-hybridized carbons (Fsp3) is 0.379. The van der Waals surface area contributed by atoms with Gasteiger partial charge in [-0.05, 0) is 53.1 Å². The number of likely N-dealkylation sites (tertiary alicyclic amines) is 1. The van der Waals surface area contributed by atoms with E-state index < -0.39 is 5.60 Å². The summed E-state index contributed by atoms with van der Waals surface area (Å²) in [5, 5.41) is 14.2. The molecule has 1 fully saturated rings. The predicted octanol–water partition coefficient (Wildman–Crippen LogP) is 3.49. The molecule has 6 rings (SSSR count). The quantitative estimate of drug-likeness (QED) is 0.621. The molecule has 0 spiro atoms. The number of aliphatic hydroxyl groups is 1. The Balaban J connectivity index is 1.22. The van der Waals surface area contributed by atoms with Crippen molar-refractivity contribution in [3.05, 3.63) is 100 Å². The van der Waals surface area contributed by atoms with Gasteiger partial charge in [0.05, 0.1) is 12.0 Å². The minimum atomic E-state index is -0.899. The van der Waals surface area contributed by atoms with Gasteiger partial charge in [-0.2, -0.15) is 0 Å². The number of benzene rings is 2. The molecule has 1 saturated heterocycles. The van der Waals surface area contributed by atoms with Crippen LogP contribution in [0.25, 0.3) is 0 Å². The molecule has 2 aromatic carbocycles. The van der Waals surface area contributed by atoms with Gasteiger partial charge in [0.2, 0.25) is 5.91 Å². The summed E-state index contributed by atoms with van der Waals surface area (Å²) in [4.78, 5) is 18.6. The Morgan fingerprint density at radius 2 is 1.71 bits per heavy atom. The lowest BCUT2D eigenvalue weighted by atomic mass is 9.74. The highest BCUT2D eigenvalue weighted by Gasteiger charge is 2.53. The van der Waals surface area contributed by atoms with Gasteiger partial charge in [-0.3, -0.25) is 9.78 Å². The zero-order valence-corrected chi connectivity index (χ0v) is 19.6. The van der Waals surface area contributed by atoms with Gasteiger partial charge in [0.15, 0.2) is 0 Å². The lowest BCUT2D eigenvalue weighted by Gasteiger charge is -2.42. The number of pyridine rings is 1. The normalized spacial score (nSPS) is 24.5. The van der Waals surface area contributed by atoms with Crippen LogP contribution >= 0.6 is 0 Å². The number of nitrogens with one attached hydrogen (secondary N) is 1. The first-order valence-corrected chi connectivity index (χ1v) is 12.3. The molecule has 3 aromatic rings. The summed E-state index contributed by atoms with van der Waals surface area (Å²) in [5.41, 5.74) is 6.77. The SMILES string of the molecule is CNC(=O)Cc1cncc(C2(O)CCN(CC34CC(c5ccccc53)c3ccccc34)CC2)c1. The molecule has 3 aliphatic rings. The van der Waals surface area contributed by atoms with E-state index in [2.05, 4.69) is 63.7 Å². The number of carbonyl (C=O) groups excluding carboxylic acids is 1. The molecule has 2 bridgehead atoms. The van der Waals surface area contributed by atoms with E-state index >= 15 is 0 Å². The third kappa shape index (κ3) is 3.29. The molecular formula is C29H31N3O2. The highest BCUT2D eigenvalue weighted by molar-refractivity contribution is 5.78. The van der Waals surface area contributed by atoms with Crippen LogP contribution in [0.5, 0.6) is 0 Å². The number of carbonyl (C=O) groups is 1. The summed E-state index contributed by atoms with van der Waals surface area (Å²) in [6.45, 7) is 2.67. The summed E-state index contributed by atoms with van der Waals surface area (Å²) >= 11 is 0. The molecule has 0 radical (unpaired) electrons. The molecular weight excluding hydrogens is 422 g/mol. The van der Waals surface area contributed by atoms with Crippen LogP contribution < -0.4 is 5.32 Å². The van der Waals surface area contributed by atoms with Crippen molar-refractivity contribution in [2.75, 3.05) is 26.7 Å². The summed E-state index contributed by atoms with van der Waals surface area (Å²) in [6.07, 6.45) is 6.23. The first-order valence-electron chi connectivity index (χ1n) is 12.3. The molecule has 0 atom stereocenters. The Kier molecular flexibility index (Phi) is 5.08. The van der Waals surface area contributed by atoms with Crippen LogP contribution in [0.2, 0.25) is 0 Å². The maximum Gasteiger partial charge on any atom is 0.224 e. The summed E-state index contributed by atoms with van der Waals surface area (Å²) < 4.78 is 0. The van der Waals surface area contributed by atoms with E-state index in [4.69, 9.17) is 0 Å². The van der Waals surface area contributed by atoms with Crippen LogP contribution in [0, 0.1) is 0 Å². The Morgan fingerprint density at radius 1 is 1.06 bits per heavy atom. The number of likely N-dealkylation sites (N-methyl/N-ethyl adjacent to an activating group) is 1. The first kappa shape index (κ1) is 21.5. The number of fused-ring (bicyclic) bond motifs is 8. The molecule has 1 amide bonds. The van der Waals surface area contributed by atoms with Gasteiger partial charge < -0.3 is 15.3 Å². The maximum absolute atomic E-state index is 11.8. The number of hydrogen-bond acceptors (Lipinski definition) is 4. The van der Waals surface area contributed by atoms with Crippen molar-refractivity contribution in [1.29, 1.82) is 0 Å². The van der Waals surface area contributed by atoms with Crippen LogP contribution in [0.4, 0.5) is 0 Å². The Hall–Kier alpha value is -3.02. The average Bonchev–Trinajstić information content (AvgIpc) is 3.38. The van der Waals surface area contributed by atoms with Crippen LogP contribution in [-0.2, 0) is 22.2 Å². The highest BCUT2D eigenvalue weighted by Crippen LogP contribution is 2.60. The van der Waals surface area contributed by atoms with Crippen molar-refractivity contribution >= 4 is 5.91 Å². The number of aromatic nitrogens is 1. The smallest absolute Gasteiger partial charge is 0.224 e. The summed E-state index contributed by atoms with van der Waals surface area (Å²) in [6, 6.07) is 19.9. The van der Waals surface area contributed by atoms with Crippen LogP contribution in [0.15, 0.2) is 67.0 Å². The lowest BCUT2D eigenvalue weighted by Crippen LogP contribution is -2.47. The second kappa shape index (κ2) is 8.03. The predicted molar refractivity (Wildman–Crippen MR) is 132 cm³/mol. The molecule has 2 heterocycles. The minimum absolute atomic E-state index is 0.0439. The lowest BCUT2D eigenvalue weighted by molar-refractivity contribution is -0.119. The maximum atomic E-state index is 11.8. The van der Waals surface area contributed by atoms with E-state index in [0.29, 0.717) is 18.8 Å². The fourth-order valence-corrected chi connectivity index (χ4v) is 6.67. The summed E-state index contributed by atoms with van der Waals surface area (Å²) in [7, 11) is 1.63. The molecule has 1 aliphatic heterocycles. The second-order valence-corrected chi connectivity index (χ2v) is 10.3. The van der Waals surface area contributed by atoms with Crippen molar-refractivity contribution in [1.82, 2.24) is 15.2 Å². The van der Waals surface area contributed by atoms with E-state index in [1.54, 1.807) is 19.4 Å². The van der Waals surface area contributed by atoms with Crippen molar-refractivity contribution in [3.63, 3.8) is 0 Å². The zero-order chi connectivity index (χ0) is 23.3. The van der Waals surface area contributed by atoms with Gasteiger partial charge in [0.25, 0.3) is 0 Å². The van der Waals surface area contributed by atoms with Crippen LogP contribution in [-0.4, -0.2) is 47.6 Å². The largest absolute Gasteiger partial charge is 0.385 e. The van der Waals surface area contributed by atoms with Crippen molar-refractivity contribution < 1.29 is 9.90 Å². The van der Waals surface area contributed by atoms with Gasteiger partial charge in [0.1, 0.15) is 0 Å². The summed E-state index contributed by atoms with van der Waals surface area (Å²) in [5.74, 6) is 0.454. The molecule has 5 nitrogen and oxygen atoms in total. The topological polar surface area (TPSA) is 65.5 Å². The van der Waals surface area contributed by atoms with Crippen LogP contribution in [0.1, 0.15) is 58.6 Å². The molecule has 2 N–H and O–H groups in total. The monoisotopic (exact) mass is 453 g/mol. The number of amides is 1. The molecule has 174 valence electrons. The Morgan fingerprint density at radius 3 is 2.35 bits per heavy atom. The van der Waals surface area contributed by atoms with Gasteiger partial charge in [0, 0.05) is 56.0 Å². The van der Waals surface area contributed by atoms with Gasteiger partial charge in [-0.15, -0.1) is 0 Å². The van der Waals surface area contributed by atoms with Crippen molar-refractivity contribution in [3.8, 4) is 0 Å². The van der Waals surface area contributed by atoms with E-state index in [1.807, 2.05) is 6.07 Å². The van der Waals surface area contributed by atoms with Crippen molar-refractivity contribution in [2.45, 2.75) is 42.6 Å². The molecule has 34 heavy (non-hydrogen) atoms. The first-order chi connectivity index (χ1) is 16.5. The third-order valence-electron chi connectivity index (χ3n) is 8.41. The van der Waals surface area contributed by atoms with E-state index in [1.165, 1.54) is 22.3 Å². The average molecular weight is 454 g/mol. The molecule has 0 unspecified atom stereocenters. The Bertz CT molecular complexity index is 1200. The Labute approximate surface area is 200 Å². The highest BCUT2D eigenvalue weighted by atomic mass is 16.3. The van der Waals surface area contributed by atoms with Crippen molar-refractivity contribution in [2.24, 2.45) is 0 Å². The number of piperidine rings is 1. The van der Waals surface area contributed by atoms with Gasteiger partial charge in [-0.1, -0.05) is 48.5 Å². The van der Waals surface area contributed by atoms with E-state index in [-0.39, 0.29) is 17.7 Å². The van der Waals surface area contributed by atoms with Crippen LogP contribution in [0.3, 0.4) is 0 Å². The number of rotatable bonds is 5. The zero-order valence-electron chi connectivity index (χ0n) is 19.6. The minimum Gasteiger partial charge on any atom is -0.385 e. The third-order valence-corrected chi connectivity index (χ3v) is 8.41. The molecule has 5 heteroatoms. The molecule has 1 aromatic heterocycles. The van der Waals surface area contributed by atoms with E-state index in [9.17, 15) is 9.90 Å².